The van der Waals surface area contributed by atoms with Crippen molar-refractivity contribution in [3.8, 4) is 0 Å². The number of rotatable bonds is 3. The van der Waals surface area contributed by atoms with Crippen LogP contribution in [0.1, 0.15) is 24.0 Å². The van der Waals surface area contributed by atoms with Crippen LogP contribution in [0.25, 0.3) is 0 Å². The van der Waals surface area contributed by atoms with E-state index in [0.29, 0.717) is 13.1 Å². The molecule has 0 saturated carbocycles. The molecule has 2 aromatic rings. The van der Waals surface area contributed by atoms with Gasteiger partial charge in [-0.25, -0.2) is 12.7 Å². The van der Waals surface area contributed by atoms with Gasteiger partial charge in [0.05, 0.1) is 4.90 Å². The summed E-state index contributed by atoms with van der Waals surface area (Å²) in [4.78, 5) is 27.2. The summed E-state index contributed by atoms with van der Waals surface area (Å²) in [7, 11) is -4.04. The van der Waals surface area contributed by atoms with Gasteiger partial charge in [0.1, 0.15) is 6.04 Å². The van der Waals surface area contributed by atoms with E-state index in [9.17, 15) is 18.0 Å². The lowest BCUT2D eigenvalue weighted by atomic mass is 9.99. The molecule has 2 aliphatic heterocycles. The molecule has 0 radical (unpaired) electrons. The molecule has 2 aromatic carbocycles. The SMILES string of the molecule is O=C(C1CCC(=O)N1S(=O)(=O)c1ccccc1)N1CCc2ccccc2C1. The van der Waals surface area contributed by atoms with Crippen LogP contribution in [0.2, 0.25) is 0 Å². The smallest absolute Gasteiger partial charge is 0.267 e. The van der Waals surface area contributed by atoms with Gasteiger partial charge in [0.15, 0.2) is 0 Å². The Kier molecular flexibility index (Phi) is 4.47. The Morgan fingerprint density at radius 1 is 0.926 bits per heavy atom. The second-order valence-corrected chi connectivity index (χ2v) is 8.66. The lowest BCUT2D eigenvalue weighted by molar-refractivity contribution is -0.138. The third kappa shape index (κ3) is 3.12. The van der Waals surface area contributed by atoms with E-state index in [0.717, 1.165) is 16.3 Å². The number of benzene rings is 2. The van der Waals surface area contributed by atoms with Crippen LogP contribution in [-0.4, -0.2) is 42.0 Å². The Balaban J connectivity index is 1.61. The highest BCUT2D eigenvalue weighted by Crippen LogP contribution is 2.29. The summed E-state index contributed by atoms with van der Waals surface area (Å²) < 4.78 is 26.7. The molecule has 0 N–H and O–H groups in total. The Labute approximate surface area is 158 Å². The van der Waals surface area contributed by atoms with Gasteiger partial charge >= 0.3 is 0 Å². The van der Waals surface area contributed by atoms with Gasteiger partial charge in [-0.05, 0) is 36.1 Å². The minimum Gasteiger partial charge on any atom is -0.336 e. The topological polar surface area (TPSA) is 74.8 Å². The molecule has 140 valence electrons. The quantitative estimate of drug-likeness (QED) is 0.811. The molecule has 1 saturated heterocycles. The van der Waals surface area contributed by atoms with Gasteiger partial charge in [0.25, 0.3) is 10.0 Å². The number of carbonyl (C=O) groups excluding carboxylic acids is 2. The van der Waals surface area contributed by atoms with Gasteiger partial charge in [0.2, 0.25) is 11.8 Å². The van der Waals surface area contributed by atoms with Crippen LogP contribution >= 0.6 is 0 Å². The highest BCUT2D eigenvalue weighted by molar-refractivity contribution is 7.89. The number of nitrogens with zero attached hydrogens (tertiary/aromatic N) is 2. The third-order valence-electron chi connectivity index (χ3n) is 5.19. The maximum atomic E-state index is 13.1. The molecule has 4 rings (SSSR count). The first-order valence-corrected chi connectivity index (χ1v) is 10.4. The summed E-state index contributed by atoms with van der Waals surface area (Å²) in [6.45, 7) is 0.971. The van der Waals surface area contributed by atoms with Crippen molar-refractivity contribution in [2.45, 2.75) is 36.7 Å². The molecule has 1 fully saturated rings. The Hall–Kier alpha value is -2.67. The summed E-state index contributed by atoms with van der Waals surface area (Å²) in [5.74, 6) is -0.815. The van der Waals surface area contributed by atoms with Crippen LogP contribution in [0, 0.1) is 0 Å². The van der Waals surface area contributed by atoms with Crippen molar-refractivity contribution in [2.24, 2.45) is 0 Å². The molecule has 2 amide bonds. The third-order valence-corrected chi connectivity index (χ3v) is 7.03. The number of hydrogen-bond donors (Lipinski definition) is 0. The number of amides is 2. The highest BCUT2D eigenvalue weighted by Gasteiger charge is 2.45. The molecule has 0 aromatic heterocycles. The fourth-order valence-electron chi connectivity index (χ4n) is 3.79. The number of hydrogen-bond acceptors (Lipinski definition) is 4. The molecule has 6 nitrogen and oxygen atoms in total. The predicted octanol–water partition coefficient (Wildman–Crippen LogP) is 1.95. The largest absolute Gasteiger partial charge is 0.336 e. The summed E-state index contributed by atoms with van der Waals surface area (Å²) in [5.41, 5.74) is 2.27. The first-order chi connectivity index (χ1) is 13.0. The fourth-order valence-corrected chi connectivity index (χ4v) is 5.41. The van der Waals surface area contributed by atoms with E-state index >= 15 is 0 Å². The maximum Gasteiger partial charge on any atom is 0.267 e. The second kappa shape index (κ2) is 6.81. The Bertz CT molecular complexity index is 988. The van der Waals surface area contributed by atoms with E-state index in [1.165, 1.54) is 17.7 Å². The predicted molar refractivity (Wildman–Crippen MR) is 99.1 cm³/mol. The van der Waals surface area contributed by atoms with Crippen LogP contribution < -0.4 is 0 Å². The van der Waals surface area contributed by atoms with E-state index in [-0.39, 0.29) is 23.6 Å². The molecule has 7 heteroatoms. The van der Waals surface area contributed by atoms with Crippen LogP contribution in [0.15, 0.2) is 59.5 Å². The zero-order valence-electron chi connectivity index (χ0n) is 14.7. The van der Waals surface area contributed by atoms with Crippen molar-refractivity contribution in [3.63, 3.8) is 0 Å². The van der Waals surface area contributed by atoms with Gasteiger partial charge in [-0.2, -0.15) is 0 Å². The van der Waals surface area contributed by atoms with Crippen molar-refractivity contribution in [2.75, 3.05) is 6.54 Å². The lowest BCUT2D eigenvalue weighted by Gasteiger charge is -2.33. The number of sulfonamides is 1. The molecule has 2 heterocycles. The number of fused-ring (bicyclic) bond motifs is 1. The molecule has 0 bridgehead atoms. The van der Waals surface area contributed by atoms with Crippen molar-refractivity contribution >= 4 is 21.8 Å². The minimum absolute atomic E-state index is 0.0297. The average Bonchev–Trinajstić information content (AvgIpc) is 3.10. The van der Waals surface area contributed by atoms with E-state index in [1.807, 2.05) is 24.3 Å². The van der Waals surface area contributed by atoms with E-state index < -0.39 is 22.0 Å². The van der Waals surface area contributed by atoms with Crippen molar-refractivity contribution in [1.82, 2.24) is 9.21 Å². The molecule has 0 aliphatic carbocycles. The van der Waals surface area contributed by atoms with E-state index in [4.69, 9.17) is 0 Å². The monoisotopic (exact) mass is 384 g/mol. The molecule has 27 heavy (non-hydrogen) atoms. The second-order valence-electron chi connectivity index (χ2n) is 6.84. The van der Waals surface area contributed by atoms with Gasteiger partial charge in [-0.1, -0.05) is 42.5 Å². The summed E-state index contributed by atoms with van der Waals surface area (Å²) >= 11 is 0. The molecular formula is C20H20N2O4S. The fraction of sp³-hybridized carbons (Fsp3) is 0.300. The highest BCUT2D eigenvalue weighted by atomic mass is 32.2. The van der Waals surface area contributed by atoms with Crippen molar-refractivity contribution in [1.29, 1.82) is 0 Å². The van der Waals surface area contributed by atoms with Gasteiger partial charge in [-0.3, -0.25) is 9.59 Å². The first-order valence-electron chi connectivity index (χ1n) is 8.96. The van der Waals surface area contributed by atoms with Crippen molar-refractivity contribution in [3.05, 3.63) is 65.7 Å². The molecule has 1 atom stereocenters. The molecule has 1 unspecified atom stereocenters. The van der Waals surface area contributed by atoms with E-state index in [2.05, 4.69) is 0 Å². The van der Waals surface area contributed by atoms with Crippen LogP contribution in [-0.2, 0) is 32.6 Å². The summed E-state index contributed by atoms with van der Waals surface area (Å²) in [6, 6.07) is 14.8. The normalized spacial score (nSPS) is 19.9. The minimum atomic E-state index is -4.04. The summed E-state index contributed by atoms with van der Waals surface area (Å²) in [5, 5.41) is 0. The Morgan fingerprint density at radius 2 is 1.59 bits per heavy atom. The van der Waals surface area contributed by atoms with E-state index in [1.54, 1.807) is 23.1 Å². The van der Waals surface area contributed by atoms with Gasteiger partial charge in [0, 0.05) is 19.5 Å². The zero-order chi connectivity index (χ0) is 19.0. The summed E-state index contributed by atoms with van der Waals surface area (Å²) in [6.07, 6.45) is 1.02. The van der Waals surface area contributed by atoms with Gasteiger partial charge in [-0.15, -0.1) is 0 Å². The Morgan fingerprint density at radius 3 is 2.33 bits per heavy atom. The molecule has 2 aliphatic rings. The average molecular weight is 384 g/mol. The number of carbonyl (C=O) groups is 2. The molecule has 0 spiro atoms. The molecular weight excluding hydrogens is 364 g/mol. The maximum absolute atomic E-state index is 13.1. The van der Waals surface area contributed by atoms with Crippen LogP contribution in [0.5, 0.6) is 0 Å². The lowest BCUT2D eigenvalue weighted by Crippen LogP contribution is -2.50. The van der Waals surface area contributed by atoms with Crippen LogP contribution in [0.3, 0.4) is 0 Å². The van der Waals surface area contributed by atoms with Crippen LogP contribution in [0.4, 0.5) is 0 Å². The zero-order valence-corrected chi connectivity index (χ0v) is 15.6. The van der Waals surface area contributed by atoms with Crippen molar-refractivity contribution < 1.29 is 18.0 Å². The van der Waals surface area contributed by atoms with Gasteiger partial charge < -0.3 is 4.90 Å². The standard InChI is InChI=1S/C20H20N2O4S/c23-19-11-10-18(22(19)27(25,26)17-8-2-1-3-9-17)20(24)21-13-12-15-6-4-5-7-16(15)14-21/h1-9,18H,10-14H2. The first kappa shape index (κ1) is 17.7.